The lowest BCUT2D eigenvalue weighted by atomic mass is 10.2. The molecular weight excluding hydrogens is 451 g/mol. The maximum absolute atomic E-state index is 10.9. The van der Waals surface area contributed by atoms with Gasteiger partial charge in [0.15, 0.2) is 5.96 Å². The van der Waals surface area contributed by atoms with Crippen LogP contribution in [0.4, 0.5) is 0 Å². The van der Waals surface area contributed by atoms with Crippen LogP contribution in [0.25, 0.3) is 0 Å². The van der Waals surface area contributed by atoms with E-state index in [-0.39, 0.29) is 24.0 Å². The molecule has 6 nitrogen and oxygen atoms in total. The number of sulfonamides is 1. The zero-order valence-corrected chi connectivity index (χ0v) is 17.2. The fraction of sp³-hybridized carbons (Fsp3) is 0.500. The molecule has 9 heteroatoms. The van der Waals surface area contributed by atoms with E-state index in [0.717, 1.165) is 18.4 Å². The lowest BCUT2D eigenvalue weighted by Gasteiger charge is -2.11. The van der Waals surface area contributed by atoms with Crippen LogP contribution in [0.2, 0.25) is 5.02 Å². The van der Waals surface area contributed by atoms with E-state index in [1.807, 2.05) is 31.2 Å². The fourth-order valence-corrected chi connectivity index (χ4v) is 2.30. The van der Waals surface area contributed by atoms with Crippen LogP contribution in [0.15, 0.2) is 29.3 Å². The van der Waals surface area contributed by atoms with Gasteiger partial charge in [-0.3, -0.25) is 0 Å². The molecule has 0 saturated heterocycles. The first-order valence-electron chi connectivity index (χ1n) is 7.12. The molecule has 0 radical (unpaired) electrons. The van der Waals surface area contributed by atoms with E-state index in [0.29, 0.717) is 37.0 Å². The van der Waals surface area contributed by atoms with E-state index in [1.54, 1.807) is 0 Å². The number of nitrogens with one attached hydrogen (secondary N) is 3. The standard InChI is InChI=1S/C14H23ClN4O2S.HI/c1-3-16-14(17-9-4-10-19-22(2,20)21)18-11-12-5-7-13(15)8-6-12;/h5-8,19H,3-4,9-11H2,1-2H3,(H2,16,17,18);1H. The molecule has 0 fully saturated rings. The van der Waals surface area contributed by atoms with Crippen molar-refractivity contribution in [2.75, 3.05) is 25.9 Å². The van der Waals surface area contributed by atoms with Crippen LogP contribution < -0.4 is 15.4 Å². The van der Waals surface area contributed by atoms with Crippen molar-refractivity contribution in [2.45, 2.75) is 19.9 Å². The second-order valence-electron chi connectivity index (χ2n) is 4.77. The number of guanidine groups is 1. The molecule has 3 N–H and O–H groups in total. The molecule has 0 saturated carbocycles. The van der Waals surface area contributed by atoms with Crippen LogP contribution in [0.3, 0.4) is 0 Å². The van der Waals surface area contributed by atoms with Crippen LogP contribution in [0, 0.1) is 0 Å². The lowest BCUT2D eigenvalue weighted by Crippen LogP contribution is -2.38. The van der Waals surface area contributed by atoms with Crippen LogP contribution in [0.5, 0.6) is 0 Å². The molecule has 0 bridgehead atoms. The molecule has 0 aliphatic carbocycles. The van der Waals surface area contributed by atoms with Gasteiger partial charge in [-0.1, -0.05) is 23.7 Å². The Morgan fingerprint density at radius 1 is 1.17 bits per heavy atom. The summed E-state index contributed by atoms with van der Waals surface area (Å²) in [5, 5.41) is 7.02. The second kappa shape index (κ2) is 11.9. The van der Waals surface area contributed by atoms with E-state index in [1.165, 1.54) is 0 Å². The Kier molecular flexibility index (Phi) is 11.6. The van der Waals surface area contributed by atoms with Crippen molar-refractivity contribution in [1.29, 1.82) is 0 Å². The minimum atomic E-state index is -3.12. The number of hydrogen-bond donors (Lipinski definition) is 3. The Labute approximate surface area is 160 Å². The molecule has 1 rings (SSSR count). The average Bonchev–Trinajstić information content (AvgIpc) is 2.44. The van der Waals surface area contributed by atoms with Gasteiger partial charge < -0.3 is 10.6 Å². The Hall–Kier alpha value is -0.580. The van der Waals surface area contributed by atoms with Crippen LogP contribution in [-0.2, 0) is 16.6 Å². The summed E-state index contributed by atoms with van der Waals surface area (Å²) >= 11 is 5.85. The van der Waals surface area contributed by atoms with Gasteiger partial charge in [-0.25, -0.2) is 18.1 Å². The highest BCUT2D eigenvalue weighted by atomic mass is 127. The molecular formula is C14H24ClIN4O2S. The quantitative estimate of drug-likeness (QED) is 0.233. The topological polar surface area (TPSA) is 82.6 Å². The zero-order chi connectivity index (χ0) is 16.4. The SMILES string of the molecule is CCNC(=NCc1ccc(Cl)cc1)NCCCNS(C)(=O)=O.I. The number of rotatable bonds is 8. The van der Waals surface area contributed by atoms with E-state index in [2.05, 4.69) is 20.3 Å². The summed E-state index contributed by atoms with van der Waals surface area (Å²) in [6.45, 7) is 4.34. The van der Waals surface area contributed by atoms with E-state index < -0.39 is 10.0 Å². The van der Waals surface area contributed by atoms with Crippen LogP contribution >= 0.6 is 35.6 Å². The summed E-state index contributed by atoms with van der Waals surface area (Å²) in [4.78, 5) is 4.47. The highest BCUT2D eigenvalue weighted by Gasteiger charge is 2.00. The molecule has 132 valence electrons. The highest BCUT2D eigenvalue weighted by Crippen LogP contribution is 2.09. The predicted molar refractivity (Wildman–Crippen MR) is 107 cm³/mol. The minimum absolute atomic E-state index is 0. The number of hydrogen-bond acceptors (Lipinski definition) is 3. The smallest absolute Gasteiger partial charge is 0.208 e. The van der Waals surface area contributed by atoms with Crippen molar-refractivity contribution in [3.63, 3.8) is 0 Å². The molecule has 23 heavy (non-hydrogen) atoms. The zero-order valence-electron chi connectivity index (χ0n) is 13.3. The predicted octanol–water partition coefficient (Wildman–Crippen LogP) is 1.95. The summed E-state index contributed by atoms with van der Waals surface area (Å²) in [5.74, 6) is 0.705. The van der Waals surface area contributed by atoms with Gasteiger partial charge in [-0.15, -0.1) is 24.0 Å². The Morgan fingerprint density at radius 2 is 1.83 bits per heavy atom. The Balaban J connectivity index is 0.00000484. The molecule has 0 spiro atoms. The second-order valence-corrected chi connectivity index (χ2v) is 7.04. The monoisotopic (exact) mass is 474 g/mol. The number of nitrogens with zero attached hydrogens (tertiary/aromatic N) is 1. The third-order valence-corrected chi connectivity index (χ3v) is 3.67. The normalized spacial score (nSPS) is 11.7. The van der Waals surface area contributed by atoms with Crippen molar-refractivity contribution < 1.29 is 8.42 Å². The number of benzene rings is 1. The minimum Gasteiger partial charge on any atom is -0.357 e. The molecule has 1 aromatic rings. The highest BCUT2D eigenvalue weighted by molar-refractivity contribution is 14.0. The maximum atomic E-state index is 10.9. The van der Waals surface area contributed by atoms with Crippen molar-refractivity contribution in [3.05, 3.63) is 34.9 Å². The molecule has 0 amide bonds. The van der Waals surface area contributed by atoms with Crippen LogP contribution in [0.1, 0.15) is 18.9 Å². The van der Waals surface area contributed by atoms with Crippen LogP contribution in [-0.4, -0.2) is 40.3 Å². The van der Waals surface area contributed by atoms with E-state index in [4.69, 9.17) is 11.6 Å². The first-order valence-corrected chi connectivity index (χ1v) is 9.39. The molecule has 0 heterocycles. The van der Waals surface area contributed by atoms with Gasteiger partial charge in [-0.05, 0) is 31.0 Å². The Bertz CT molecular complexity index is 579. The van der Waals surface area contributed by atoms with Crippen molar-refractivity contribution in [1.82, 2.24) is 15.4 Å². The molecule has 0 unspecified atom stereocenters. The summed E-state index contributed by atoms with van der Waals surface area (Å²) in [7, 11) is -3.12. The molecule has 1 aromatic carbocycles. The van der Waals surface area contributed by atoms with Gasteiger partial charge >= 0.3 is 0 Å². The van der Waals surface area contributed by atoms with Gasteiger partial charge in [0.1, 0.15) is 0 Å². The van der Waals surface area contributed by atoms with Crippen molar-refractivity contribution >= 4 is 51.6 Å². The summed E-state index contributed by atoms with van der Waals surface area (Å²) in [6, 6.07) is 7.55. The van der Waals surface area contributed by atoms with Gasteiger partial charge in [0, 0.05) is 24.7 Å². The lowest BCUT2D eigenvalue weighted by molar-refractivity contribution is 0.584. The van der Waals surface area contributed by atoms with Gasteiger partial charge in [0.25, 0.3) is 0 Å². The largest absolute Gasteiger partial charge is 0.357 e. The number of halogens is 2. The third-order valence-electron chi connectivity index (χ3n) is 2.69. The molecule has 0 aromatic heterocycles. The third kappa shape index (κ3) is 11.6. The van der Waals surface area contributed by atoms with Crippen molar-refractivity contribution in [3.8, 4) is 0 Å². The molecule has 0 aliphatic heterocycles. The molecule has 0 atom stereocenters. The van der Waals surface area contributed by atoms with Gasteiger partial charge in [-0.2, -0.15) is 0 Å². The van der Waals surface area contributed by atoms with E-state index >= 15 is 0 Å². The average molecular weight is 475 g/mol. The summed E-state index contributed by atoms with van der Waals surface area (Å²) < 4.78 is 24.3. The number of aliphatic imine (C=N–C) groups is 1. The molecule has 0 aliphatic rings. The fourth-order valence-electron chi connectivity index (χ4n) is 1.65. The Morgan fingerprint density at radius 3 is 2.39 bits per heavy atom. The first-order chi connectivity index (χ1) is 10.4. The van der Waals surface area contributed by atoms with Gasteiger partial charge in [0.05, 0.1) is 12.8 Å². The van der Waals surface area contributed by atoms with Gasteiger partial charge in [0.2, 0.25) is 10.0 Å². The summed E-state index contributed by atoms with van der Waals surface area (Å²) in [6.07, 6.45) is 1.83. The summed E-state index contributed by atoms with van der Waals surface area (Å²) in [5.41, 5.74) is 1.07. The maximum Gasteiger partial charge on any atom is 0.208 e. The first kappa shape index (κ1) is 22.4. The van der Waals surface area contributed by atoms with Crippen molar-refractivity contribution in [2.24, 2.45) is 4.99 Å². The van der Waals surface area contributed by atoms with E-state index in [9.17, 15) is 8.42 Å².